The summed E-state index contributed by atoms with van der Waals surface area (Å²) < 4.78 is 0. The molecule has 0 aromatic heterocycles. The first-order valence-electron chi connectivity index (χ1n) is 1.49. The van der Waals surface area contributed by atoms with E-state index in [-0.39, 0.29) is 67.2 Å². The molecule has 0 aromatic carbocycles. The van der Waals surface area contributed by atoms with Crippen molar-refractivity contribution in [3.63, 3.8) is 0 Å². The Hall–Kier alpha value is 1.50. The Morgan fingerprint density at radius 2 is 1.86 bits per heavy atom. The minimum absolute atomic E-state index is 0. The van der Waals surface area contributed by atoms with Crippen LogP contribution >= 0.6 is 0 Å². The molecule has 0 aliphatic carbocycles. The molecule has 0 fully saturated rings. The van der Waals surface area contributed by atoms with Crippen molar-refractivity contribution in [2.24, 2.45) is 0 Å². The first-order valence-corrected chi connectivity index (χ1v) is 1.49. The Morgan fingerprint density at radius 1 is 1.71 bits per heavy atom. The van der Waals surface area contributed by atoms with Gasteiger partial charge in [-0.3, -0.25) is 4.79 Å². The van der Waals surface area contributed by atoms with Gasteiger partial charge in [-0.05, 0) is 0 Å². The van der Waals surface area contributed by atoms with E-state index in [1.807, 2.05) is 0 Å². The molecule has 0 unspecified atom stereocenters. The van der Waals surface area contributed by atoms with Crippen LogP contribution in [-0.4, -0.2) is 71.9 Å². The molecule has 2 nitrogen and oxygen atoms in total. The third-order valence-electron chi connectivity index (χ3n) is 0.302. The summed E-state index contributed by atoms with van der Waals surface area (Å²) in [6, 6.07) is 0. The average molecular weight is 138 g/mol. The minimum atomic E-state index is -0.745. The van der Waals surface area contributed by atoms with Crippen LogP contribution in [0.25, 0.3) is 0 Å². The zero-order chi connectivity index (χ0) is 4.28. The van der Waals surface area contributed by atoms with E-state index < -0.39 is 5.97 Å². The van der Waals surface area contributed by atoms with E-state index >= 15 is 0 Å². The van der Waals surface area contributed by atoms with Gasteiger partial charge in [0, 0.05) is 67.2 Å². The summed E-state index contributed by atoms with van der Waals surface area (Å²) in [4.78, 5) is 9.37. The molecule has 0 spiro atoms. The molecule has 7 heavy (non-hydrogen) atoms. The maximum Gasteiger partial charge on any atom is 0.303 e. The first-order chi connectivity index (χ1) is 2.27. The maximum atomic E-state index is 9.37. The van der Waals surface area contributed by atoms with Gasteiger partial charge in [0.2, 0.25) is 0 Å². The van der Waals surface area contributed by atoms with Crippen molar-refractivity contribution < 1.29 is 9.90 Å². The summed E-state index contributed by atoms with van der Waals surface area (Å²) in [5.74, 6) is -0.745. The van der Waals surface area contributed by atoms with Gasteiger partial charge >= 0.3 is 5.97 Å². The quantitative estimate of drug-likeness (QED) is 0.506. The summed E-state index contributed by atoms with van der Waals surface area (Å²) in [5.41, 5.74) is 0. The second kappa shape index (κ2) is 10.5. The summed E-state index contributed by atoms with van der Waals surface area (Å²) in [6.07, 6.45) is 0.222. The van der Waals surface area contributed by atoms with Crippen molar-refractivity contribution in [3.8, 4) is 0 Å². The number of hydrogen-bond donors (Lipinski definition) is 1. The molecule has 4 heteroatoms. The molecule has 4 radical (unpaired) electrons. The van der Waals surface area contributed by atoms with Crippen LogP contribution in [0.1, 0.15) is 13.3 Å². The fourth-order valence-corrected chi connectivity index (χ4v) is 0. The number of hydrogen-bond acceptors (Lipinski definition) is 1. The largest absolute Gasteiger partial charge is 0.481 e. The van der Waals surface area contributed by atoms with Crippen molar-refractivity contribution in [3.05, 3.63) is 0 Å². The number of carboxylic acids is 1. The van der Waals surface area contributed by atoms with Crippen LogP contribution in [0.2, 0.25) is 0 Å². The van der Waals surface area contributed by atoms with Gasteiger partial charge in [0.25, 0.3) is 0 Å². The average Bonchev–Trinajstić information content (AvgIpc) is 1.38. The number of aliphatic carboxylic acids is 1. The van der Waals surface area contributed by atoms with Crippen LogP contribution in [0.5, 0.6) is 0 Å². The molecule has 0 rings (SSSR count). The normalized spacial score (nSPS) is 5.29. The molecule has 0 amide bonds. The summed E-state index contributed by atoms with van der Waals surface area (Å²) >= 11 is 0. The topological polar surface area (TPSA) is 37.3 Å². The monoisotopic (exact) mass is 138 g/mol. The van der Waals surface area contributed by atoms with Crippen LogP contribution in [-0.2, 0) is 4.79 Å². The second-order valence-corrected chi connectivity index (χ2v) is 0.747. The Labute approximate surface area is 88.8 Å². The predicted molar refractivity (Wildman–Crippen MR) is 29.4 cm³/mol. The zero-order valence-electron chi connectivity index (χ0n) is 4.48. The molecule has 0 aliphatic rings. The SMILES string of the molecule is CCC(=O)O.[Ca].[Mg]. The third kappa shape index (κ3) is 18.5. The van der Waals surface area contributed by atoms with Gasteiger partial charge in [-0.15, -0.1) is 0 Å². The van der Waals surface area contributed by atoms with E-state index in [1.165, 1.54) is 0 Å². The minimum Gasteiger partial charge on any atom is -0.481 e. The van der Waals surface area contributed by atoms with Crippen molar-refractivity contribution in [1.29, 1.82) is 0 Å². The first kappa shape index (κ1) is 15.8. The van der Waals surface area contributed by atoms with E-state index in [9.17, 15) is 4.79 Å². The Bertz CT molecular complexity index is 48.2. The Balaban J connectivity index is -0.0000000800. The van der Waals surface area contributed by atoms with Gasteiger partial charge in [0.05, 0.1) is 0 Å². The van der Waals surface area contributed by atoms with E-state index in [0.29, 0.717) is 0 Å². The van der Waals surface area contributed by atoms with Gasteiger partial charge in [0.1, 0.15) is 0 Å². The number of rotatable bonds is 1. The van der Waals surface area contributed by atoms with Crippen molar-refractivity contribution in [2.45, 2.75) is 13.3 Å². The molecule has 0 aromatic rings. The third-order valence-corrected chi connectivity index (χ3v) is 0.302. The molecule has 0 bridgehead atoms. The van der Waals surface area contributed by atoms with E-state index in [0.717, 1.165) is 0 Å². The van der Waals surface area contributed by atoms with Crippen molar-refractivity contribution >= 4 is 66.8 Å². The van der Waals surface area contributed by atoms with Crippen LogP contribution in [0.15, 0.2) is 0 Å². The van der Waals surface area contributed by atoms with Gasteiger partial charge in [0.15, 0.2) is 0 Å². The van der Waals surface area contributed by atoms with Crippen molar-refractivity contribution in [2.75, 3.05) is 0 Å². The van der Waals surface area contributed by atoms with Crippen LogP contribution in [0.3, 0.4) is 0 Å². The number of carboxylic acid groups (broad SMARTS) is 1. The maximum absolute atomic E-state index is 9.37. The molecular weight excluding hydrogens is 132 g/mol. The van der Waals surface area contributed by atoms with Crippen LogP contribution in [0.4, 0.5) is 0 Å². The molecule has 0 saturated heterocycles. The molecule has 0 atom stereocenters. The van der Waals surface area contributed by atoms with E-state index in [1.54, 1.807) is 6.92 Å². The summed E-state index contributed by atoms with van der Waals surface area (Å²) in [7, 11) is 0. The second-order valence-electron chi connectivity index (χ2n) is 0.747. The molecular formula is C3H6CaMgO2. The van der Waals surface area contributed by atoms with Gasteiger partial charge in [-0.1, -0.05) is 6.92 Å². The van der Waals surface area contributed by atoms with E-state index in [4.69, 9.17) is 5.11 Å². The summed E-state index contributed by atoms with van der Waals surface area (Å²) in [6.45, 7) is 1.60. The van der Waals surface area contributed by atoms with Crippen molar-refractivity contribution in [1.82, 2.24) is 0 Å². The molecule has 34 valence electrons. The Morgan fingerprint density at radius 3 is 1.86 bits per heavy atom. The van der Waals surface area contributed by atoms with Gasteiger partial charge in [-0.25, -0.2) is 0 Å². The zero-order valence-corrected chi connectivity index (χ0v) is 8.10. The Kier molecular flexibility index (Phi) is 23.6. The molecule has 0 heterocycles. The molecule has 1 N–H and O–H groups in total. The van der Waals surface area contributed by atoms with Gasteiger partial charge < -0.3 is 5.11 Å². The van der Waals surface area contributed by atoms with Crippen LogP contribution < -0.4 is 0 Å². The summed E-state index contributed by atoms with van der Waals surface area (Å²) in [5, 5.41) is 7.72. The molecule has 0 saturated carbocycles. The van der Waals surface area contributed by atoms with E-state index in [2.05, 4.69) is 0 Å². The van der Waals surface area contributed by atoms with Gasteiger partial charge in [-0.2, -0.15) is 0 Å². The standard InChI is InChI=1S/C3H6O2.Ca.Mg/c1-2-3(4)5;;/h2H2,1H3,(H,4,5);;. The molecule has 0 aliphatic heterocycles. The van der Waals surface area contributed by atoms with Crippen LogP contribution in [0, 0.1) is 0 Å². The smallest absolute Gasteiger partial charge is 0.303 e. The number of carbonyl (C=O) groups is 1. The predicted octanol–water partition coefficient (Wildman–Crippen LogP) is -0.281. The fourth-order valence-electron chi connectivity index (χ4n) is 0. The fraction of sp³-hybridized carbons (Fsp3) is 0.667.